The van der Waals surface area contributed by atoms with Gasteiger partial charge in [-0.1, -0.05) is 12.1 Å². The normalized spacial score (nSPS) is 10.1. The number of pyridine rings is 1. The summed E-state index contributed by atoms with van der Waals surface area (Å²) in [4.78, 5) is 4.20. The number of halogens is 1. The van der Waals surface area contributed by atoms with Crippen molar-refractivity contribution < 1.29 is 9.47 Å². The Morgan fingerprint density at radius 2 is 2.11 bits per heavy atom. The molecule has 2 aromatic rings. The molecule has 94 valence electrons. The van der Waals surface area contributed by atoms with Gasteiger partial charge in [0.15, 0.2) is 0 Å². The van der Waals surface area contributed by atoms with Crippen LogP contribution in [0.15, 0.2) is 42.6 Å². The fourth-order valence-electron chi connectivity index (χ4n) is 1.54. The van der Waals surface area contributed by atoms with Gasteiger partial charge in [0.25, 0.3) is 0 Å². The molecule has 4 heteroatoms. The Morgan fingerprint density at radius 1 is 1.22 bits per heavy atom. The Morgan fingerprint density at radius 3 is 2.78 bits per heavy atom. The molecule has 0 spiro atoms. The van der Waals surface area contributed by atoms with Crippen LogP contribution in [-0.2, 0) is 12.5 Å². The molecule has 0 aliphatic heterocycles. The van der Waals surface area contributed by atoms with Gasteiger partial charge in [-0.15, -0.1) is 11.6 Å². The van der Waals surface area contributed by atoms with E-state index in [1.165, 1.54) is 0 Å². The van der Waals surface area contributed by atoms with Crippen LogP contribution in [0.2, 0.25) is 0 Å². The number of hydrogen-bond acceptors (Lipinski definition) is 3. The predicted molar refractivity (Wildman–Crippen MR) is 71.1 cm³/mol. The number of aromatic nitrogens is 1. The highest BCUT2D eigenvalue weighted by atomic mass is 35.5. The third kappa shape index (κ3) is 3.14. The molecular weight excluding hydrogens is 250 g/mol. The van der Waals surface area contributed by atoms with E-state index in [1.807, 2.05) is 36.4 Å². The Bertz CT molecular complexity index is 502. The highest BCUT2D eigenvalue weighted by Gasteiger charge is 2.05. The maximum atomic E-state index is 5.87. The molecule has 0 aliphatic carbocycles. The lowest BCUT2D eigenvalue weighted by Gasteiger charge is -2.11. The predicted octanol–water partition coefficient (Wildman–Crippen LogP) is 3.41. The lowest BCUT2D eigenvalue weighted by atomic mass is 10.2. The van der Waals surface area contributed by atoms with Gasteiger partial charge in [0.2, 0.25) is 0 Å². The first-order chi connectivity index (χ1) is 8.83. The Kier molecular flexibility index (Phi) is 4.42. The van der Waals surface area contributed by atoms with Crippen LogP contribution in [0.1, 0.15) is 11.3 Å². The van der Waals surface area contributed by atoms with Crippen LogP contribution < -0.4 is 9.47 Å². The number of alkyl halides is 1. The standard InChI is InChI=1S/C14H14ClNO2/c1-17-13-6-5-11(9-15)14(8-13)18-10-12-4-2-3-7-16-12/h2-8H,9-10H2,1H3. The van der Waals surface area contributed by atoms with Crippen LogP contribution in [0.3, 0.4) is 0 Å². The van der Waals surface area contributed by atoms with Crippen molar-refractivity contribution in [1.82, 2.24) is 4.98 Å². The monoisotopic (exact) mass is 263 g/mol. The molecule has 0 amide bonds. The summed E-state index contributed by atoms with van der Waals surface area (Å²) in [6.07, 6.45) is 1.74. The molecule has 0 saturated carbocycles. The van der Waals surface area contributed by atoms with E-state index in [2.05, 4.69) is 4.98 Å². The molecule has 1 aromatic carbocycles. The molecule has 0 N–H and O–H groups in total. The highest BCUT2D eigenvalue weighted by Crippen LogP contribution is 2.26. The first-order valence-electron chi connectivity index (χ1n) is 5.59. The zero-order valence-electron chi connectivity index (χ0n) is 10.1. The van der Waals surface area contributed by atoms with Crippen molar-refractivity contribution in [2.75, 3.05) is 7.11 Å². The number of hydrogen-bond donors (Lipinski definition) is 0. The second-order valence-electron chi connectivity index (χ2n) is 3.72. The first-order valence-corrected chi connectivity index (χ1v) is 6.12. The van der Waals surface area contributed by atoms with Gasteiger partial charge in [0.05, 0.1) is 18.7 Å². The average molecular weight is 264 g/mol. The summed E-state index contributed by atoms with van der Waals surface area (Å²) < 4.78 is 10.9. The molecule has 3 nitrogen and oxygen atoms in total. The second-order valence-corrected chi connectivity index (χ2v) is 3.98. The zero-order valence-corrected chi connectivity index (χ0v) is 10.9. The smallest absolute Gasteiger partial charge is 0.130 e. The Labute approximate surface area is 111 Å². The van der Waals surface area contributed by atoms with Crippen molar-refractivity contribution in [3.63, 3.8) is 0 Å². The summed E-state index contributed by atoms with van der Waals surface area (Å²) >= 11 is 5.87. The van der Waals surface area contributed by atoms with Crippen LogP contribution in [0.25, 0.3) is 0 Å². The van der Waals surface area contributed by atoms with Crippen molar-refractivity contribution in [2.45, 2.75) is 12.5 Å². The molecule has 0 atom stereocenters. The summed E-state index contributed by atoms with van der Waals surface area (Å²) in [7, 11) is 1.62. The molecule has 1 aromatic heterocycles. The van der Waals surface area contributed by atoms with Crippen molar-refractivity contribution in [1.29, 1.82) is 0 Å². The summed E-state index contributed by atoms with van der Waals surface area (Å²) in [5.74, 6) is 1.89. The molecule has 0 bridgehead atoms. The third-order valence-electron chi connectivity index (χ3n) is 2.52. The molecule has 0 saturated heterocycles. The lowest BCUT2D eigenvalue weighted by molar-refractivity contribution is 0.296. The summed E-state index contributed by atoms with van der Waals surface area (Å²) in [6, 6.07) is 11.3. The van der Waals surface area contributed by atoms with Gasteiger partial charge in [-0.25, -0.2) is 0 Å². The second kappa shape index (κ2) is 6.26. The molecule has 18 heavy (non-hydrogen) atoms. The van der Waals surface area contributed by atoms with E-state index in [0.29, 0.717) is 12.5 Å². The van der Waals surface area contributed by atoms with Crippen molar-refractivity contribution in [3.05, 3.63) is 53.9 Å². The van der Waals surface area contributed by atoms with Gasteiger partial charge in [0, 0.05) is 17.8 Å². The van der Waals surface area contributed by atoms with Crippen molar-refractivity contribution in [3.8, 4) is 11.5 Å². The average Bonchev–Trinajstić information content (AvgIpc) is 2.45. The molecular formula is C14H14ClNO2. The Hall–Kier alpha value is -1.74. The number of benzene rings is 1. The SMILES string of the molecule is COc1ccc(CCl)c(OCc2ccccn2)c1. The molecule has 0 fully saturated rings. The van der Waals surface area contributed by atoms with Crippen LogP contribution in [-0.4, -0.2) is 12.1 Å². The van der Waals surface area contributed by atoms with Crippen molar-refractivity contribution >= 4 is 11.6 Å². The fraction of sp³-hybridized carbons (Fsp3) is 0.214. The fourth-order valence-corrected chi connectivity index (χ4v) is 1.76. The number of ether oxygens (including phenoxy) is 2. The number of rotatable bonds is 5. The van der Waals surface area contributed by atoms with E-state index >= 15 is 0 Å². The quantitative estimate of drug-likeness (QED) is 0.775. The highest BCUT2D eigenvalue weighted by molar-refractivity contribution is 6.17. The first kappa shape index (κ1) is 12.7. The number of nitrogens with zero attached hydrogens (tertiary/aromatic N) is 1. The van der Waals surface area contributed by atoms with Crippen LogP contribution >= 0.6 is 11.6 Å². The minimum absolute atomic E-state index is 0.404. The maximum Gasteiger partial charge on any atom is 0.130 e. The molecule has 0 unspecified atom stereocenters. The van der Waals surface area contributed by atoms with Gasteiger partial charge in [-0.3, -0.25) is 4.98 Å². The van der Waals surface area contributed by atoms with Gasteiger partial charge >= 0.3 is 0 Å². The van der Waals surface area contributed by atoms with Gasteiger partial charge in [-0.2, -0.15) is 0 Å². The third-order valence-corrected chi connectivity index (χ3v) is 2.81. The number of methoxy groups -OCH3 is 1. The minimum atomic E-state index is 0.404. The largest absolute Gasteiger partial charge is 0.497 e. The molecule has 0 aliphatic rings. The van der Waals surface area contributed by atoms with Gasteiger partial charge in [-0.05, 0) is 18.2 Å². The summed E-state index contributed by atoms with van der Waals surface area (Å²) in [6.45, 7) is 0.415. The van der Waals surface area contributed by atoms with E-state index in [1.54, 1.807) is 13.3 Å². The van der Waals surface area contributed by atoms with E-state index < -0.39 is 0 Å². The summed E-state index contributed by atoms with van der Waals surface area (Å²) in [5, 5.41) is 0. The van der Waals surface area contributed by atoms with Gasteiger partial charge in [0.1, 0.15) is 18.1 Å². The van der Waals surface area contributed by atoms with Gasteiger partial charge < -0.3 is 9.47 Å². The Balaban J connectivity index is 2.12. The topological polar surface area (TPSA) is 31.4 Å². The maximum absolute atomic E-state index is 5.87. The van der Waals surface area contributed by atoms with Crippen LogP contribution in [0.5, 0.6) is 11.5 Å². The van der Waals surface area contributed by atoms with E-state index in [-0.39, 0.29) is 0 Å². The van der Waals surface area contributed by atoms with E-state index in [4.69, 9.17) is 21.1 Å². The molecule has 0 radical (unpaired) electrons. The van der Waals surface area contributed by atoms with Crippen LogP contribution in [0.4, 0.5) is 0 Å². The zero-order chi connectivity index (χ0) is 12.8. The van der Waals surface area contributed by atoms with Crippen molar-refractivity contribution in [2.24, 2.45) is 0 Å². The van der Waals surface area contributed by atoms with Crippen LogP contribution in [0, 0.1) is 0 Å². The van der Waals surface area contributed by atoms with E-state index in [9.17, 15) is 0 Å². The van der Waals surface area contributed by atoms with E-state index in [0.717, 1.165) is 22.8 Å². The lowest BCUT2D eigenvalue weighted by Crippen LogP contribution is -2.00. The molecule has 2 rings (SSSR count). The summed E-state index contributed by atoms with van der Waals surface area (Å²) in [5.41, 5.74) is 1.81. The minimum Gasteiger partial charge on any atom is -0.497 e. The molecule has 1 heterocycles.